The fraction of sp³-hybridized carbons (Fsp3) is 0. The first-order valence-electron chi connectivity index (χ1n) is 3.88. The van der Waals surface area contributed by atoms with Gasteiger partial charge in [0, 0.05) is 0 Å². The summed E-state index contributed by atoms with van der Waals surface area (Å²) in [5.74, 6) is 0. The van der Waals surface area contributed by atoms with Crippen LogP contribution in [0, 0.1) is 0 Å². The van der Waals surface area contributed by atoms with Crippen molar-refractivity contribution in [1.29, 1.82) is 0 Å². The molecule has 8 nitrogen and oxygen atoms in total. The Hall–Kier alpha value is -0.780. The molecule has 1 aliphatic carbocycles. The Balaban J connectivity index is 3.33. The van der Waals surface area contributed by atoms with E-state index in [2.05, 4.69) is 8.80 Å². The molecule has 0 spiro atoms. The van der Waals surface area contributed by atoms with Crippen LogP contribution in [0.15, 0.2) is 31.0 Å². The van der Waals surface area contributed by atoms with Gasteiger partial charge >= 0.3 is 20.6 Å². The summed E-state index contributed by atoms with van der Waals surface area (Å²) in [7, 11) is -9.36. The van der Waals surface area contributed by atoms with E-state index in [-0.39, 0.29) is 10.1 Å². The van der Waals surface area contributed by atoms with Crippen LogP contribution in [0.1, 0.15) is 0 Å². The highest BCUT2D eigenvalue weighted by Gasteiger charge is 2.18. The Kier molecular flexibility index (Phi) is 4.30. The number of rotatable bonds is 2. The van der Waals surface area contributed by atoms with Crippen molar-refractivity contribution < 1.29 is 25.9 Å². The molecule has 0 unspecified atom stereocenters. The molecule has 0 bridgehead atoms. The SMILES string of the molecule is O=S(=O)(O)/N=C1C=C(Cl)/C(=N\S(=O)(=O)O)C=C/1Cl. The van der Waals surface area contributed by atoms with Gasteiger partial charge in [-0.1, -0.05) is 23.2 Å². The zero-order valence-electron chi connectivity index (χ0n) is 8.15. The third-order valence-electron chi connectivity index (χ3n) is 1.44. The molecule has 0 fully saturated rings. The van der Waals surface area contributed by atoms with Crippen LogP contribution >= 0.6 is 23.2 Å². The fourth-order valence-corrected chi connectivity index (χ4v) is 2.21. The van der Waals surface area contributed by atoms with Gasteiger partial charge in [-0.3, -0.25) is 9.11 Å². The number of hydrogen-bond acceptors (Lipinski definition) is 4. The molecule has 0 heterocycles. The number of halogens is 2. The Bertz CT molecular complexity index is 638. The molecule has 0 aromatic heterocycles. The Labute approximate surface area is 112 Å². The molecule has 2 N–H and O–H groups in total. The van der Waals surface area contributed by atoms with Gasteiger partial charge in [0.1, 0.15) is 0 Å². The van der Waals surface area contributed by atoms with Crippen molar-refractivity contribution >= 4 is 55.2 Å². The molecule has 0 atom stereocenters. The summed E-state index contributed by atoms with van der Waals surface area (Å²) in [6.45, 7) is 0. The van der Waals surface area contributed by atoms with E-state index in [9.17, 15) is 16.8 Å². The lowest BCUT2D eigenvalue weighted by molar-refractivity contribution is 0.483. The Morgan fingerprint density at radius 3 is 1.33 bits per heavy atom. The number of hydrogen-bond donors (Lipinski definition) is 2. The maximum absolute atomic E-state index is 10.5. The molecule has 0 aliphatic heterocycles. The zero-order valence-corrected chi connectivity index (χ0v) is 11.3. The third kappa shape index (κ3) is 4.84. The quantitative estimate of drug-likeness (QED) is 0.564. The minimum absolute atomic E-state index is 0.334. The molecular formula is C6H4Cl2N2O6S2. The second kappa shape index (κ2) is 5.07. The minimum atomic E-state index is -4.68. The van der Waals surface area contributed by atoms with Gasteiger partial charge < -0.3 is 0 Å². The normalized spacial score (nSPS) is 22.0. The summed E-state index contributed by atoms with van der Waals surface area (Å²) in [6.07, 6.45) is 1.73. The lowest BCUT2D eigenvalue weighted by Gasteiger charge is -2.08. The summed E-state index contributed by atoms with van der Waals surface area (Å²) >= 11 is 11.1. The van der Waals surface area contributed by atoms with Crippen LogP contribution < -0.4 is 0 Å². The van der Waals surface area contributed by atoms with Gasteiger partial charge in [-0.15, -0.1) is 8.80 Å². The van der Waals surface area contributed by atoms with Crippen LogP contribution in [0.2, 0.25) is 0 Å². The highest BCUT2D eigenvalue weighted by atomic mass is 35.5. The predicted molar refractivity (Wildman–Crippen MR) is 65.8 cm³/mol. The Morgan fingerprint density at radius 2 is 1.11 bits per heavy atom. The highest BCUT2D eigenvalue weighted by molar-refractivity contribution is 7.84. The van der Waals surface area contributed by atoms with Crippen molar-refractivity contribution in [3.63, 3.8) is 0 Å². The van der Waals surface area contributed by atoms with E-state index in [1.165, 1.54) is 0 Å². The summed E-state index contributed by atoms with van der Waals surface area (Å²) in [5, 5.41) is -0.668. The average Bonchev–Trinajstić information content (AvgIpc) is 2.08. The molecular weight excluding hydrogens is 331 g/mol. The molecule has 1 aliphatic rings. The van der Waals surface area contributed by atoms with Gasteiger partial charge in [-0.2, -0.15) is 16.8 Å². The first-order chi connectivity index (χ1) is 7.98. The lowest BCUT2D eigenvalue weighted by atomic mass is 10.1. The second-order valence-electron chi connectivity index (χ2n) is 2.83. The average molecular weight is 335 g/mol. The standard InChI is InChI=1S/C6H4Cl2N2O6S2/c7-3-1-5(9-17(11,12)13)4(8)2-6(3)10-18(14,15)16/h1-2H,(H,11,12,13)(H,14,15,16)/b9-5-,10-6-. The van der Waals surface area contributed by atoms with Gasteiger partial charge in [-0.05, 0) is 12.2 Å². The van der Waals surface area contributed by atoms with Gasteiger partial charge in [-0.25, -0.2) is 0 Å². The largest absolute Gasteiger partial charge is 0.378 e. The molecule has 0 aromatic rings. The Morgan fingerprint density at radius 1 is 0.833 bits per heavy atom. The molecule has 0 aromatic carbocycles. The van der Waals surface area contributed by atoms with Crippen LogP contribution in [0.25, 0.3) is 0 Å². The number of allylic oxidation sites excluding steroid dienone is 4. The van der Waals surface area contributed by atoms with E-state index < -0.39 is 32.0 Å². The molecule has 18 heavy (non-hydrogen) atoms. The summed E-state index contributed by atoms with van der Waals surface area (Å²) in [4.78, 5) is 0. The molecule has 0 saturated heterocycles. The van der Waals surface area contributed by atoms with E-state index in [0.29, 0.717) is 0 Å². The van der Waals surface area contributed by atoms with Crippen LogP contribution in [0.5, 0.6) is 0 Å². The molecule has 0 radical (unpaired) electrons. The smallest absolute Gasteiger partial charge is 0.268 e. The topological polar surface area (TPSA) is 133 Å². The van der Waals surface area contributed by atoms with E-state index in [4.69, 9.17) is 32.3 Å². The third-order valence-corrected chi connectivity index (χ3v) is 2.90. The first-order valence-corrected chi connectivity index (χ1v) is 7.43. The maximum Gasteiger partial charge on any atom is 0.378 e. The molecule has 0 amide bonds. The van der Waals surface area contributed by atoms with E-state index >= 15 is 0 Å². The van der Waals surface area contributed by atoms with Crippen LogP contribution in [-0.4, -0.2) is 37.4 Å². The van der Waals surface area contributed by atoms with Crippen molar-refractivity contribution in [2.45, 2.75) is 0 Å². The van der Waals surface area contributed by atoms with Crippen molar-refractivity contribution in [3.05, 3.63) is 22.2 Å². The van der Waals surface area contributed by atoms with Crippen LogP contribution in [-0.2, 0) is 20.6 Å². The van der Waals surface area contributed by atoms with Gasteiger partial charge in [0.25, 0.3) is 0 Å². The number of nitrogens with zero attached hydrogens (tertiary/aromatic N) is 2. The van der Waals surface area contributed by atoms with Crippen molar-refractivity contribution in [2.24, 2.45) is 8.80 Å². The molecule has 100 valence electrons. The maximum atomic E-state index is 10.5. The van der Waals surface area contributed by atoms with Crippen molar-refractivity contribution in [3.8, 4) is 0 Å². The molecule has 0 saturated carbocycles. The minimum Gasteiger partial charge on any atom is -0.268 e. The van der Waals surface area contributed by atoms with Gasteiger partial charge in [0.05, 0.1) is 21.5 Å². The molecule has 1 rings (SSSR count). The molecule has 12 heteroatoms. The van der Waals surface area contributed by atoms with Crippen molar-refractivity contribution in [1.82, 2.24) is 0 Å². The van der Waals surface area contributed by atoms with Crippen molar-refractivity contribution in [2.75, 3.05) is 0 Å². The summed E-state index contributed by atoms with van der Waals surface area (Å²) < 4.78 is 64.7. The predicted octanol–water partition coefficient (Wildman–Crippen LogP) is 0.733. The summed E-state index contributed by atoms with van der Waals surface area (Å²) in [6, 6.07) is 0. The lowest BCUT2D eigenvalue weighted by Crippen LogP contribution is -2.11. The fourth-order valence-electron chi connectivity index (χ4n) is 0.914. The first kappa shape index (κ1) is 15.3. The second-order valence-corrected chi connectivity index (χ2v) is 5.80. The summed E-state index contributed by atoms with van der Waals surface area (Å²) in [5.41, 5.74) is -0.808. The van der Waals surface area contributed by atoms with Gasteiger partial charge in [0.15, 0.2) is 0 Å². The van der Waals surface area contributed by atoms with Crippen LogP contribution in [0.3, 0.4) is 0 Å². The monoisotopic (exact) mass is 334 g/mol. The van der Waals surface area contributed by atoms with E-state index in [0.717, 1.165) is 12.2 Å². The highest BCUT2D eigenvalue weighted by Crippen LogP contribution is 2.21. The van der Waals surface area contributed by atoms with Crippen LogP contribution in [0.4, 0.5) is 0 Å². The van der Waals surface area contributed by atoms with E-state index in [1.807, 2.05) is 0 Å². The van der Waals surface area contributed by atoms with E-state index in [1.54, 1.807) is 0 Å². The zero-order chi connectivity index (χ0) is 14.1. The van der Waals surface area contributed by atoms with Gasteiger partial charge in [0.2, 0.25) is 0 Å².